The number of rotatable bonds is 7. The molecule has 5 rings (SSSR count). The molecule has 0 unspecified atom stereocenters. The summed E-state index contributed by atoms with van der Waals surface area (Å²) in [6, 6.07) is 17.7. The highest BCUT2D eigenvalue weighted by Gasteiger charge is 2.28. The number of nitrogens with one attached hydrogen (secondary N) is 1. The smallest absolute Gasteiger partial charge is 0.339 e. The maximum absolute atomic E-state index is 13.4. The summed E-state index contributed by atoms with van der Waals surface area (Å²) in [5.41, 5.74) is 7.08. The molecule has 4 aromatic rings. The molecule has 0 saturated heterocycles. The van der Waals surface area contributed by atoms with Gasteiger partial charge in [-0.05, 0) is 71.5 Å². The Morgan fingerprint density at radius 1 is 1.00 bits per heavy atom. The summed E-state index contributed by atoms with van der Waals surface area (Å²) in [6.45, 7) is 3.77. The number of esters is 1. The molecular weight excluding hydrogens is 468 g/mol. The zero-order valence-electron chi connectivity index (χ0n) is 20.5. The number of carbonyl (C=O) groups excluding carboxylic acids is 2. The molecule has 182 valence electrons. The number of carbonyl (C=O) groups is 2. The van der Waals surface area contributed by atoms with Gasteiger partial charge in [-0.15, -0.1) is 11.3 Å². The average Bonchev–Trinajstić information content (AvgIpc) is 3.56. The Kier molecular flexibility index (Phi) is 6.96. The number of fused-ring (bicyclic) bond motifs is 2. The Balaban J connectivity index is 1.41. The number of hydrogen-bond acceptors (Lipinski definition) is 5. The molecule has 0 aliphatic heterocycles. The minimum absolute atomic E-state index is 0.341. The fourth-order valence-corrected chi connectivity index (χ4v) is 5.52. The van der Waals surface area contributed by atoms with Gasteiger partial charge in [0.15, 0.2) is 6.61 Å². The molecule has 1 aliphatic carbocycles. The van der Waals surface area contributed by atoms with E-state index in [2.05, 4.69) is 31.3 Å². The van der Waals surface area contributed by atoms with Crippen LogP contribution in [-0.4, -0.2) is 23.5 Å². The highest BCUT2D eigenvalue weighted by Crippen LogP contribution is 2.38. The molecule has 1 amide bonds. The van der Waals surface area contributed by atoms with Gasteiger partial charge in [0.2, 0.25) is 0 Å². The van der Waals surface area contributed by atoms with E-state index >= 15 is 0 Å². The first-order chi connectivity index (χ1) is 17.6. The zero-order valence-corrected chi connectivity index (χ0v) is 21.3. The molecule has 1 N–H and O–H groups in total. The van der Waals surface area contributed by atoms with Crippen molar-refractivity contribution in [1.29, 1.82) is 0 Å². The van der Waals surface area contributed by atoms with Crippen LogP contribution in [0, 0.1) is 0 Å². The summed E-state index contributed by atoms with van der Waals surface area (Å²) in [4.78, 5) is 32.3. The Morgan fingerprint density at radius 2 is 1.78 bits per heavy atom. The van der Waals surface area contributed by atoms with E-state index in [1.807, 2.05) is 53.9 Å². The zero-order chi connectivity index (χ0) is 25.1. The fourth-order valence-electron chi connectivity index (χ4n) is 4.84. The van der Waals surface area contributed by atoms with Crippen LogP contribution in [0.15, 0.2) is 60.0 Å². The quantitative estimate of drug-likeness (QED) is 0.289. The lowest BCUT2D eigenvalue weighted by Crippen LogP contribution is -2.23. The maximum Gasteiger partial charge on any atom is 0.339 e. The van der Waals surface area contributed by atoms with Crippen molar-refractivity contribution in [3.05, 3.63) is 92.8 Å². The second-order valence-corrected chi connectivity index (χ2v) is 9.78. The Labute approximate surface area is 214 Å². The number of aryl methyl sites for hydroxylation is 2. The first-order valence-electron chi connectivity index (χ1n) is 12.3. The van der Waals surface area contributed by atoms with Crippen LogP contribution in [0.2, 0.25) is 0 Å². The normalized spacial score (nSPS) is 13.7. The molecule has 2 aromatic heterocycles. The number of hydrogen-bond donors (Lipinski definition) is 1. The van der Waals surface area contributed by atoms with Gasteiger partial charge in [-0.1, -0.05) is 56.3 Å². The van der Waals surface area contributed by atoms with E-state index in [0.717, 1.165) is 68.7 Å². The number of anilines is 1. The molecule has 0 bridgehead atoms. The predicted molar refractivity (Wildman–Crippen MR) is 146 cm³/mol. The number of para-hydroxylation sites is 2. The largest absolute Gasteiger partial charge is 0.452 e. The van der Waals surface area contributed by atoms with Crippen molar-refractivity contribution in [3.8, 4) is 0 Å². The topological polar surface area (TPSA) is 68.3 Å². The lowest BCUT2D eigenvalue weighted by Gasteiger charge is -2.15. The van der Waals surface area contributed by atoms with Crippen LogP contribution in [0.1, 0.15) is 57.9 Å². The number of thiophene rings is 1. The third kappa shape index (κ3) is 4.69. The monoisotopic (exact) mass is 496 g/mol. The van der Waals surface area contributed by atoms with E-state index in [-0.39, 0.29) is 12.5 Å². The van der Waals surface area contributed by atoms with Gasteiger partial charge in [0.05, 0.1) is 16.8 Å². The number of allylic oxidation sites excluding steroid dienone is 1. The molecule has 0 saturated carbocycles. The van der Waals surface area contributed by atoms with Gasteiger partial charge in [0, 0.05) is 16.0 Å². The fraction of sp³-hybridized carbons (Fsp3) is 0.233. The molecule has 6 heteroatoms. The minimum atomic E-state index is -0.489. The molecule has 1 aliphatic rings. The lowest BCUT2D eigenvalue weighted by atomic mass is 10.0. The van der Waals surface area contributed by atoms with Crippen molar-refractivity contribution >= 4 is 51.5 Å². The van der Waals surface area contributed by atoms with E-state index in [4.69, 9.17) is 9.72 Å². The maximum atomic E-state index is 13.4. The average molecular weight is 497 g/mol. The predicted octanol–water partition coefficient (Wildman–Crippen LogP) is 6.70. The summed E-state index contributed by atoms with van der Waals surface area (Å²) >= 11 is 1.68. The van der Waals surface area contributed by atoms with Crippen molar-refractivity contribution in [1.82, 2.24) is 4.98 Å². The molecule has 36 heavy (non-hydrogen) atoms. The van der Waals surface area contributed by atoms with Crippen molar-refractivity contribution in [2.75, 3.05) is 11.9 Å². The van der Waals surface area contributed by atoms with Crippen LogP contribution in [0.5, 0.6) is 0 Å². The number of benzene rings is 2. The highest BCUT2D eigenvalue weighted by atomic mass is 32.1. The first kappa shape index (κ1) is 23.9. The van der Waals surface area contributed by atoms with Crippen LogP contribution in [-0.2, 0) is 28.8 Å². The van der Waals surface area contributed by atoms with Crippen LogP contribution < -0.4 is 5.32 Å². The SMILES string of the molecule is CCc1cccc(CC)c1NC(=O)COC(=O)c1c2c(nc3ccccc13)C(=Cc1cccs1)CC2. The highest BCUT2D eigenvalue weighted by molar-refractivity contribution is 7.10. The van der Waals surface area contributed by atoms with Gasteiger partial charge in [-0.3, -0.25) is 4.79 Å². The van der Waals surface area contributed by atoms with E-state index in [1.54, 1.807) is 11.3 Å². The summed E-state index contributed by atoms with van der Waals surface area (Å²) in [5.74, 6) is -0.830. The molecule has 0 atom stereocenters. The van der Waals surface area contributed by atoms with Gasteiger partial charge in [-0.2, -0.15) is 0 Å². The lowest BCUT2D eigenvalue weighted by molar-refractivity contribution is -0.119. The van der Waals surface area contributed by atoms with E-state index in [9.17, 15) is 9.59 Å². The van der Waals surface area contributed by atoms with Gasteiger partial charge < -0.3 is 10.1 Å². The van der Waals surface area contributed by atoms with Crippen molar-refractivity contribution in [2.45, 2.75) is 39.5 Å². The van der Waals surface area contributed by atoms with Crippen LogP contribution in [0.25, 0.3) is 22.6 Å². The second kappa shape index (κ2) is 10.5. The van der Waals surface area contributed by atoms with Crippen LogP contribution in [0.4, 0.5) is 5.69 Å². The number of ether oxygens (including phenoxy) is 1. The summed E-state index contributed by atoms with van der Waals surface area (Å²) < 4.78 is 5.59. The second-order valence-electron chi connectivity index (χ2n) is 8.80. The van der Waals surface area contributed by atoms with E-state index < -0.39 is 5.97 Å². The summed E-state index contributed by atoms with van der Waals surface area (Å²) in [7, 11) is 0. The minimum Gasteiger partial charge on any atom is -0.452 e. The van der Waals surface area contributed by atoms with Gasteiger partial charge in [0.25, 0.3) is 5.91 Å². The molecular formula is C30H28N2O3S. The van der Waals surface area contributed by atoms with Gasteiger partial charge in [-0.25, -0.2) is 9.78 Å². The van der Waals surface area contributed by atoms with Crippen molar-refractivity contribution in [2.24, 2.45) is 0 Å². The van der Waals surface area contributed by atoms with E-state index in [1.165, 1.54) is 0 Å². The molecule has 5 nitrogen and oxygen atoms in total. The Bertz CT molecular complexity index is 1450. The van der Waals surface area contributed by atoms with Crippen LogP contribution in [0.3, 0.4) is 0 Å². The number of pyridine rings is 1. The molecule has 2 aromatic carbocycles. The number of nitrogens with zero attached hydrogens (tertiary/aromatic N) is 1. The number of aromatic nitrogens is 1. The van der Waals surface area contributed by atoms with Crippen LogP contribution >= 0.6 is 11.3 Å². The molecule has 0 radical (unpaired) electrons. The van der Waals surface area contributed by atoms with Gasteiger partial charge >= 0.3 is 5.97 Å². The standard InChI is InChI=1S/C30H28N2O3S/c1-3-19-9-7-10-20(4-2)28(19)32-26(33)18-35-30(34)27-23-12-5-6-13-25(23)31-29-21(14-15-24(27)29)17-22-11-8-16-36-22/h5-13,16-17H,3-4,14-15,18H2,1-2H3,(H,32,33). The third-order valence-electron chi connectivity index (χ3n) is 6.60. The number of amides is 1. The van der Waals surface area contributed by atoms with Crippen molar-refractivity contribution < 1.29 is 14.3 Å². The van der Waals surface area contributed by atoms with Gasteiger partial charge in [0.1, 0.15) is 0 Å². The Morgan fingerprint density at radius 3 is 2.50 bits per heavy atom. The van der Waals surface area contributed by atoms with E-state index in [0.29, 0.717) is 12.0 Å². The summed E-state index contributed by atoms with van der Waals surface area (Å²) in [6.07, 6.45) is 5.28. The summed E-state index contributed by atoms with van der Waals surface area (Å²) in [5, 5.41) is 5.77. The first-order valence-corrected chi connectivity index (χ1v) is 13.2. The van der Waals surface area contributed by atoms with Crippen molar-refractivity contribution in [3.63, 3.8) is 0 Å². The molecule has 0 spiro atoms. The third-order valence-corrected chi connectivity index (χ3v) is 7.42. The Hall–Kier alpha value is -3.77. The molecule has 0 fully saturated rings. The molecule has 2 heterocycles.